The molecule has 0 saturated heterocycles. The second-order valence-electron chi connectivity index (χ2n) is 2.43. The topological polar surface area (TPSA) is 87.5 Å². The van der Waals surface area contributed by atoms with Crippen molar-refractivity contribution in [1.82, 2.24) is 10.6 Å². The zero-order chi connectivity index (χ0) is 10.4. The van der Waals surface area contributed by atoms with Crippen molar-refractivity contribution in [3.63, 3.8) is 0 Å². The highest BCUT2D eigenvalue weighted by Gasteiger charge is 2.15. The van der Waals surface area contributed by atoms with Crippen molar-refractivity contribution >= 4 is 17.8 Å². The maximum atomic E-state index is 11.0. The van der Waals surface area contributed by atoms with Crippen molar-refractivity contribution in [3.05, 3.63) is 0 Å². The van der Waals surface area contributed by atoms with Gasteiger partial charge in [0, 0.05) is 7.05 Å². The highest BCUT2D eigenvalue weighted by Crippen LogP contribution is 1.92. The summed E-state index contributed by atoms with van der Waals surface area (Å²) >= 11 is 0. The Morgan fingerprint density at radius 2 is 1.92 bits per heavy atom. The molecule has 0 atom stereocenters. The number of likely N-dealkylation sites (N-methyl/N-ethyl adjacent to an activating group) is 1. The molecule has 1 radical (unpaired) electrons. The average molecular weight is 187 g/mol. The number of hydrogen-bond acceptors (Lipinski definition) is 4. The monoisotopic (exact) mass is 187 g/mol. The van der Waals surface area contributed by atoms with E-state index in [1.807, 2.05) is 0 Å². The minimum Gasteiger partial charge on any atom is -0.469 e. The normalized spacial score (nSPS) is 9.08. The van der Waals surface area contributed by atoms with Crippen molar-refractivity contribution in [2.75, 3.05) is 20.7 Å². The van der Waals surface area contributed by atoms with E-state index in [1.54, 1.807) is 0 Å². The van der Waals surface area contributed by atoms with Gasteiger partial charge in [-0.2, -0.15) is 0 Å². The number of nitrogens with zero attached hydrogens (tertiary/aromatic N) is 1. The van der Waals surface area contributed by atoms with Gasteiger partial charge in [-0.05, 0) is 0 Å². The fourth-order valence-corrected chi connectivity index (χ4v) is 0.634. The Kier molecular flexibility index (Phi) is 4.50. The van der Waals surface area contributed by atoms with E-state index in [2.05, 4.69) is 4.74 Å². The molecule has 0 unspecified atom stereocenters. The van der Waals surface area contributed by atoms with Crippen molar-refractivity contribution in [2.24, 2.45) is 0 Å². The molecule has 0 aromatic carbocycles. The van der Waals surface area contributed by atoms with Crippen LogP contribution in [0.3, 0.4) is 0 Å². The Morgan fingerprint density at radius 3 is 2.31 bits per heavy atom. The lowest BCUT2D eigenvalue weighted by molar-refractivity contribution is -0.147. The fourth-order valence-electron chi connectivity index (χ4n) is 0.634. The molecule has 73 valence electrons. The summed E-state index contributed by atoms with van der Waals surface area (Å²) in [4.78, 5) is 32.9. The van der Waals surface area contributed by atoms with E-state index in [0.29, 0.717) is 0 Å². The number of carbonyl (C=O) groups excluding carboxylic acids is 3. The maximum absolute atomic E-state index is 11.0. The lowest BCUT2D eigenvalue weighted by atomic mass is 10.3. The number of carbonyl (C=O) groups is 3. The summed E-state index contributed by atoms with van der Waals surface area (Å²) in [6.45, 7) is -0.310. The summed E-state index contributed by atoms with van der Waals surface area (Å²) in [7, 11) is 2.52. The number of esters is 1. The zero-order valence-corrected chi connectivity index (χ0v) is 7.49. The van der Waals surface area contributed by atoms with Crippen LogP contribution in [0.25, 0.3) is 0 Å². The smallest absolute Gasteiger partial charge is 0.315 e. The Balaban J connectivity index is 3.96. The second kappa shape index (κ2) is 5.13. The lowest BCUT2D eigenvalue weighted by Crippen LogP contribution is -2.33. The van der Waals surface area contributed by atoms with Gasteiger partial charge < -0.3 is 9.64 Å². The molecular weight excluding hydrogens is 176 g/mol. The Labute approximate surface area is 75.6 Å². The molecule has 0 aliphatic heterocycles. The van der Waals surface area contributed by atoms with Crippen LogP contribution >= 0.6 is 0 Å². The quantitative estimate of drug-likeness (QED) is 0.409. The molecule has 1 N–H and O–H groups in total. The molecule has 0 saturated carbocycles. The molecule has 0 aliphatic rings. The Bertz CT molecular complexity index is 227. The van der Waals surface area contributed by atoms with Gasteiger partial charge in [-0.25, -0.2) is 0 Å². The van der Waals surface area contributed by atoms with Crippen LogP contribution in [0.2, 0.25) is 0 Å². The molecule has 0 heterocycles. The van der Waals surface area contributed by atoms with Crippen LogP contribution in [0.1, 0.15) is 6.42 Å². The molecule has 0 aliphatic carbocycles. The van der Waals surface area contributed by atoms with Gasteiger partial charge in [-0.15, -0.1) is 0 Å². The summed E-state index contributed by atoms with van der Waals surface area (Å²) in [6.07, 6.45) is -0.403. The van der Waals surface area contributed by atoms with E-state index in [4.69, 9.17) is 5.73 Å². The molecule has 0 rings (SSSR count). The van der Waals surface area contributed by atoms with E-state index in [-0.39, 0.29) is 6.54 Å². The minimum atomic E-state index is -0.874. The molecule has 0 spiro atoms. The average Bonchev–Trinajstić information content (AvgIpc) is 2.02. The van der Waals surface area contributed by atoms with Crippen LogP contribution < -0.4 is 5.73 Å². The van der Waals surface area contributed by atoms with Crippen molar-refractivity contribution in [1.29, 1.82) is 0 Å². The standard InChI is InChI=1S/C7H11N2O4/c1-9(4-5(8)10)6(11)3-7(12)13-2/h8H,3-4H2,1-2H3. The van der Waals surface area contributed by atoms with Crippen LogP contribution in [0.4, 0.5) is 0 Å². The van der Waals surface area contributed by atoms with Crippen molar-refractivity contribution in [2.45, 2.75) is 6.42 Å². The van der Waals surface area contributed by atoms with Crippen LogP contribution in [-0.2, 0) is 19.1 Å². The number of methoxy groups -OCH3 is 1. The van der Waals surface area contributed by atoms with Gasteiger partial charge in [0.05, 0.1) is 7.11 Å². The van der Waals surface area contributed by atoms with Crippen LogP contribution in [0, 0.1) is 0 Å². The first-order valence-corrected chi connectivity index (χ1v) is 3.52. The number of amides is 2. The lowest BCUT2D eigenvalue weighted by Gasteiger charge is -2.13. The van der Waals surface area contributed by atoms with Crippen LogP contribution in [0.5, 0.6) is 0 Å². The summed E-state index contributed by atoms with van der Waals surface area (Å²) in [5.41, 5.74) is 6.58. The third-order valence-electron chi connectivity index (χ3n) is 1.33. The number of rotatable bonds is 4. The first-order valence-electron chi connectivity index (χ1n) is 3.52. The first kappa shape index (κ1) is 11.4. The van der Waals surface area contributed by atoms with E-state index in [0.717, 1.165) is 4.90 Å². The predicted molar refractivity (Wildman–Crippen MR) is 42.4 cm³/mol. The van der Waals surface area contributed by atoms with E-state index >= 15 is 0 Å². The SMILES string of the molecule is COC(=O)CC(=O)N(C)CC([NH])=O. The summed E-state index contributed by atoms with van der Waals surface area (Å²) in [5, 5.41) is 0. The molecule has 2 amide bonds. The van der Waals surface area contributed by atoms with Crippen LogP contribution in [0.15, 0.2) is 0 Å². The fraction of sp³-hybridized carbons (Fsp3) is 0.571. The summed E-state index contributed by atoms with van der Waals surface area (Å²) in [5.74, 6) is -2.07. The van der Waals surface area contributed by atoms with Gasteiger partial charge in [0.15, 0.2) is 0 Å². The molecule has 6 nitrogen and oxygen atoms in total. The largest absolute Gasteiger partial charge is 0.469 e. The Morgan fingerprint density at radius 1 is 1.38 bits per heavy atom. The summed E-state index contributed by atoms with van der Waals surface area (Å²) < 4.78 is 4.26. The van der Waals surface area contributed by atoms with Crippen molar-refractivity contribution in [3.8, 4) is 0 Å². The molecule has 6 heteroatoms. The molecule has 0 bridgehead atoms. The van der Waals surface area contributed by atoms with Gasteiger partial charge in [0.25, 0.3) is 5.91 Å². The van der Waals surface area contributed by atoms with Crippen LogP contribution in [-0.4, -0.2) is 43.4 Å². The number of hydrogen-bond donors (Lipinski definition) is 0. The number of ether oxygens (including phenoxy) is 1. The molecule has 0 aromatic rings. The highest BCUT2D eigenvalue weighted by atomic mass is 16.5. The highest BCUT2D eigenvalue weighted by molar-refractivity contribution is 5.95. The minimum absolute atomic E-state index is 0.310. The molecular formula is C7H11N2O4. The predicted octanol–water partition coefficient (Wildman–Crippen LogP) is -1.18. The van der Waals surface area contributed by atoms with Gasteiger partial charge in [0.1, 0.15) is 13.0 Å². The van der Waals surface area contributed by atoms with Gasteiger partial charge in [0.2, 0.25) is 5.91 Å². The first-order chi connectivity index (χ1) is 5.97. The van der Waals surface area contributed by atoms with E-state index in [9.17, 15) is 14.4 Å². The molecule has 0 aromatic heterocycles. The third-order valence-corrected chi connectivity index (χ3v) is 1.33. The molecule has 0 fully saturated rings. The zero-order valence-electron chi connectivity index (χ0n) is 7.49. The van der Waals surface area contributed by atoms with Gasteiger partial charge in [-0.1, -0.05) is 0 Å². The van der Waals surface area contributed by atoms with Crippen molar-refractivity contribution < 1.29 is 19.1 Å². The van der Waals surface area contributed by atoms with E-state index < -0.39 is 24.2 Å². The second-order valence-corrected chi connectivity index (χ2v) is 2.43. The van der Waals surface area contributed by atoms with Gasteiger partial charge >= 0.3 is 5.97 Å². The van der Waals surface area contributed by atoms with Gasteiger partial charge in [-0.3, -0.25) is 20.1 Å². The summed E-state index contributed by atoms with van der Waals surface area (Å²) in [6, 6.07) is 0. The Hall–Kier alpha value is -1.59. The number of nitrogens with one attached hydrogen (secondary N) is 1. The van der Waals surface area contributed by atoms with E-state index in [1.165, 1.54) is 14.2 Å². The maximum Gasteiger partial charge on any atom is 0.315 e. The molecule has 13 heavy (non-hydrogen) atoms. The third kappa shape index (κ3) is 4.78.